The second-order valence-corrected chi connectivity index (χ2v) is 6.21. The highest BCUT2D eigenvalue weighted by molar-refractivity contribution is 5.88. The molecule has 1 atom stereocenters. The molecule has 0 saturated carbocycles. The van der Waals surface area contributed by atoms with Crippen LogP contribution in [-0.4, -0.2) is 44.6 Å². The number of hydrogen-bond donors (Lipinski definition) is 1. The summed E-state index contributed by atoms with van der Waals surface area (Å²) in [6.45, 7) is 2.68. The number of benzene rings is 1. The quantitative estimate of drug-likeness (QED) is 0.920. The van der Waals surface area contributed by atoms with Crippen LogP contribution in [0.25, 0.3) is 11.0 Å². The molecule has 1 amide bonds. The minimum atomic E-state index is 0.185. The van der Waals surface area contributed by atoms with Crippen LogP contribution in [0.5, 0.6) is 5.75 Å². The summed E-state index contributed by atoms with van der Waals surface area (Å²) < 4.78 is 10.8. The Hall–Kier alpha value is -2.01. The molecule has 0 bridgehead atoms. The van der Waals surface area contributed by atoms with E-state index in [0.29, 0.717) is 12.3 Å². The van der Waals surface area contributed by atoms with Crippen LogP contribution in [0.2, 0.25) is 0 Å². The molecule has 1 aromatic heterocycles. The Balaban J connectivity index is 1.70. The molecule has 1 fully saturated rings. The number of furan rings is 1. The Bertz CT molecular complexity index is 678. The number of carbonyl (C=O) groups is 1. The van der Waals surface area contributed by atoms with Gasteiger partial charge in [0, 0.05) is 30.1 Å². The molecule has 1 unspecified atom stereocenters. The van der Waals surface area contributed by atoms with Crippen molar-refractivity contribution in [3.8, 4) is 5.75 Å². The Labute approximate surface area is 136 Å². The predicted octanol–water partition coefficient (Wildman–Crippen LogP) is 2.44. The fourth-order valence-corrected chi connectivity index (χ4v) is 3.35. The standard InChI is InChI=1S/C18H24N2O3/c1-19-10-13-4-3-7-20(11-13)18(21)8-14-12-23-17-9-15(22-2)5-6-16(14)17/h5-6,9,12-13,19H,3-4,7-8,10-11H2,1-2H3. The minimum absolute atomic E-state index is 0.185. The number of amides is 1. The number of fused-ring (bicyclic) bond motifs is 1. The first-order valence-electron chi connectivity index (χ1n) is 8.17. The average molecular weight is 316 g/mol. The lowest BCUT2D eigenvalue weighted by molar-refractivity contribution is -0.132. The minimum Gasteiger partial charge on any atom is -0.497 e. The summed E-state index contributed by atoms with van der Waals surface area (Å²) in [7, 11) is 3.60. The van der Waals surface area contributed by atoms with Gasteiger partial charge in [-0.05, 0) is 44.5 Å². The summed E-state index contributed by atoms with van der Waals surface area (Å²) in [6, 6.07) is 5.71. The van der Waals surface area contributed by atoms with E-state index in [0.717, 1.165) is 48.3 Å². The maximum absolute atomic E-state index is 12.6. The van der Waals surface area contributed by atoms with Crippen molar-refractivity contribution in [1.82, 2.24) is 10.2 Å². The van der Waals surface area contributed by atoms with Crippen molar-refractivity contribution in [1.29, 1.82) is 0 Å². The van der Waals surface area contributed by atoms with Crippen LogP contribution in [-0.2, 0) is 11.2 Å². The van der Waals surface area contributed by atoms with Crippen LogP contribution in [0.15, 0.2) is 28.9 Å². The first-order valence-corrected chi connectivity index (χ1v) is 8.17. The van der Waals surface area contributed by atoms with E-state index in [2.05, 4.69) is 5.32 Å². The topological polar surface area (TPSA) is 54.7 Å². The van der Waals surface area contributed by atoms with E-state index in [1.54, 1.807) is 13.4 Å². The zero-order chi connectivity index (χ0) is 16.2. The van der Waals surface area contributed by atoms with Gasteiger partial charge in [0.1, 0.15) is 11.3 Å². The van der Waals surface area contributed by atoms with E-state index < -0.39 is 0 Å². The van der Waals surface area contributed by atoms with Crippen LogP contribution in [0, 0.1) is 5.92 Å². The number of nitrogens with one attached hydrogen (secondary N) is 1. The molecule has 5 nitrogen and oxygen atoms in total. The largest absolute Gasteiger partial charge is 0.497 e. The average Bonchev–Trinajstić information content (AvgIpc) is 2.97. The number of carbonyl (C=O) groups excluding carboxylic acids is 1. The zero-order valence-electron chi connectivity index (χ0n) is 13.8. The lowest BCUT2D eigenvalue weighted by atomic mass is 9.97. The number of likely N-dealkylation sites (tertiary alicyclic amines) is 1. The van der Waals surface area contributed by atoms with Gasteiger partial charge < -0.3 is 19.4 Å². The number of methoxy groups -OCH3 is 1. The third-order valence-electron chi connectivity index (χ3n) is 4.57. The molecule has 1 saturated heterocycles. The van der Waals surface area contributed by atoms with Gasteiger partial charge >= 0.3 is 0 Å². The lowest BCUT2D eigenvalue weighted by Gasteiger charge is -2.32. The maximum Gasteiger partial charge on any atom is 0.227 e. The number of rotatable bonds is 5. The molecule has 23 heavy (non-hydrogen) atoms. The molecule has 1 aliphatic heterocycles. The molecule has 5 heteroatoms. The van der Waals surface area contributed by atoms with E-state index in [4.69, 9.17) is 9.15 Å². The number of piperidine rings is 1. The normalized spacial score (nSPS) is 18.3. The highest BCUT2D eigenvalue weighted by atomic mass is 16.5. The van der Waals surface area contributed by atoms with Crippen LogP contribution in [0.3, 0.4) is 0 Å². The third kappa shape index (κ3) is 3.50. The van der Waals surface area contributed by atoms with E-state index >= 15 is 0 Å². The van der Waals surface area contributed by atoms with Crippen molar-refractivity contribution >= 4 is 16.9 Å². The molecule has 1 N–H and O–H groups in total. The van der Waals surface area contributed by atoms with Crippen molar-refractivity contribution in [2.24, 2.45) is 5.92 Å². The molecule has 0 radical (unpaired) electrons. The van der Waals surface area contributed by atoms with Gasteiger partial charge in [0.15, 0.2) is 0 Å². The molecule has 1 aromatic carbocycles. The Morgan fingerprint density at radius 1 is 1.48 bits per heavy atom. The number of nitrogens with zero attached hydrogens (tertiary/aromatic N) is 1. The molecule has 2 heterocycles. The SMILES string of the molecule is CNCC1CCCN(C(=O)Cc2coc3cc(OC)ccc23)C1. The highest BCUT2D eigenvalue weighted by Crippen LogP contribution is 2.26. The third-order valence-corrected chi connectivity index (χ3v) is 4.57. The molecule has 0 aliphatic carbocycles. The second kappa shape index (κ2) is 7.04. The smallest absolute Gasteiger partial charge is 0.227 e. The Morgan fingerprint density at radius 2 is 2.35 bits per heavy atom. The number of hydrogen-bond acceptors (Lipinski definition) is 4. The summed E-state index contributed by atoms with van der Waals surface area (Å²) in [6.07, 6.45) is 4.36. The fraction of sp³-hybridized carbons (Fsp3) is 0.500. The highest BCUT2D eigenvalue weighted by Gasteiger charge is 2.24. The van der Waals surface area contributed by atoms with E-state index in [-0.39, 0.29) is 5.91 Å². The Morgan fingerprint density at radius 3 is 3.13 bits per heavy atom. The van der Waals surface area contributed by atoms with E-state index in [1.807, 2.05) is 30.1 Å². The number of ether oxygens (including phenoxy) is 1. The molecule has 0 spiro atoms. The van der Waals surface area contributed by atoms with Gasteiger partial charge in [-0.1, -0.05) is 0 Å². The second-order valence-electron chi connectivity index (χ2n) is 6.21. The van der Waals surface area contributed by atoms with Gasteiger partial charge in [0.25, 0.3) is 0 Å². The van der Waals surface area contributed by atoms with Gasteiger partial charge in [-0.15, -0.1) is 0 Å². The summed E-state index contributed by atoms with van der Waals surface area (Å²) >= 11 is 0. The summed E-state index contributed by atoms with van der Waals surface area (Å²) in [5.74, 6) is 1.50. The molecular weight excluding hydrogens is 292 g/mol. The summed E-state index contributed by atoms with van der Waals surface area (Å²) in [5.41, 5.74) is 1.71. The van der Waals surface area contributed by atoms with Crippen molar-refractivity contribution in [3.05, 3.63) is 30.0 Å². The first kappa shape index (κ1) is 15.9. The summed E-state index contributed by atoms with van der Waals surface area (Å²) in [4.78, 5) is 14.6. The van der Waals surface area contributed by atoms with Crippen LogP contribution in [0.4, 0.5) is 0 Å². The monoisotopic (exact) mass is 316 g/mol. The van der Waals surface area contributed by atoms with Gasteiger partial charge in [-0.3, -0.25) is 4.79 Å². The van der Waals surface area contributed by atoms with Crippen LogP contribution >= 0.6 is 0 Å². The lowest BCUT2D eigenvalue weighted by Crippen LogP contribution is -2.43. The van der Waals surface area contributed by atoms with E-state index in [9.17, 15) is 4.79 Å². The van der Waals surface area contributed by atoms with Crippen molar-refractivity contribution in [2.45, 2.75) is 19.3 Å². The predicted molar refractivity (Wildman–Crippen MR) is 89.7 cm³/mol. The molecule has 124 valence electrons. The maximum atomic E-state index is 12.6. The zero-order valence-corrected chi connectivity index (χ0v) is 13.8. The van der Waals surface area contributed by atoms with Crippen molar-refractivity contribution in [3.63, 3.8) is 0 Å². The van der Waals surface area contributed by atoms with Gasteiger partial charge in [-0.2, -0.15) is 0 Å². The molecule has 2 aromatic rings. The van der Waals surface area contributed by atoms with Gasteiger partial charge in [0.2, 0.25) is 5.91 Å². The van der Waals surface area contributed by atoms with Gasteiger partial charge in [-0.25, -0.2) is 0 Å². The van der Waals surface area contributed by atoms with Crippen LogP contribution in [0.1, 0.15) is 18.4 Å². The fourth-order valence-electron chi connectivity index (χ4n) is 3.35. The Kier molecular flexibility index (Phi) is 4.86. The molecular formula is C18H24N2O3. The van der Waals surface area contributed by atoms with Gasteiger partial charge in [0.05, 0.1) is 19.8 Å². The first-order chi connectivity index (χ1) is 11.2. The molecule has 1 aliphatic rings. The van der Waals surface area contributed by atoms with Crippen molar-refractivity contribution < 1.29 is 13.9 Å². The van der Waals surface area contributed by atoms with Crippen molar-refractivity contribution in [2.75, 3.05) is 33.8 Å². The molecule has 3 rings (SSSR count). The van der Waals surface area contributed by atoms with Crippen LogP contribution < -0.4 is 10.1 Å². The van der Waals surface area contributed by atoms with E-state index in [1.165, 1.54) is 6.42 Å². The summed E-state index contributed by atoms with van der Waals surface area (Å²) in [5, 5.41) is 4.20.